The molecule has 0 saturated heterocycles. The van der Waals surface area contributed by atoms with Gasteiger partial charge in [0.1, 0.15) is 0 Å². The molecule has 0 atom stereocenters. The molecular weight excluding hydrogens is 173 g/mol. The number of nitrogens with zero attached hydrogens (tertiary/aromatic N) is 1. The highest BCUT2D eigenvalue weighted by Gasteiger charge is 2.37. The Labute approximate surface area is 66.8 Å². The van der Waals surface area contributed by atoms with Crippen LogP contribution in [-0.2, 0) is 4.79 Å². The third-order valence-corrected chi connectivity index (χ3v) is 1.07. The zero-order valence-electron chi connectivity index (χ0n) is 6.22. The van der Waals surface area contributed by atoms with Gasteiger partial charge in [0.15, 0.2) is 12.0 Å². The van der Waals surface area contributed by atoms with Gasteiger partial charge in [-0.3, -0.25) is 9.79 Å². The zero-order chi connectivity index (χ0) is 9.78. The first kappa shape index (κ1) is 10.7. The van der Waals surface area contributed by atoms with Crippen molar-refractivity contribution in [3.05, 3.63) is 11.8 Å². The maximum absolute atomic E-state index is 12.0. The molecule has 0 aliphatic heterocycles. The highest BCUT2D eigenvalue weighted by molar-refractivity contribution is 6.17. The maximum atomic E-state index is 12.0. The molecule has 0 aromatic carbocycles. The average Bonchev–Trinajstić information content (AvgIpc) is 1.97. The Morgan fingerprint density at radius 2 is 2.00 bits per heavy atom. The second-order valence-electron chi connectivity index (χ2n) is 1.81. The van der Waals surface area contributed by atoms with E-state index in [1.54, 1.807) is 0 Å². The number of carbonyl (C=O) groups excluding carboxylic acids is 1. The molecule has 0 heterocycles. The van der Waals surface area contributed by atoms with Gasteiger partial charge in [-0.15, -0.1) is 0 Å². The zero-order valence-corrected chi connectivity index (χ0v) is 6.22. The topological polar surface area (TPSA) is 55.5 Å². The quantitative estimate of drug-likeness (QED) is 0.385. The molecule has 0 spiro atoms. The molecule has 0 aromatic heterocycles. The first-order chi connectivity index (χ1) is 5.47. The van der Waals surface area contributed by atoms with Crippen LogP contribution in [0.2, 0.25) is 0 Å². The van der Waals surface area contributed by atoms with Crippen molar-refractivity contribution in [2.24, 2.45) is 10.7 Å². The van der Waals surface area contributed by atoms with Crippen molar-refractivity contribution in [2.45, 2.75) is 6.18 Å². The number of hydrogen-bond acceptors (Lipinski definition) is 3. The minimum Gasteiger partial charge on any atom is -0.404 e. The largest absolute Gasteiger partial charge is 0.433 e. The fraction of sp³-hybridized carbons (Fsp3) is 0.333. The molecule has 68 valence electrons. The van der Waals surface area contributed by atoms with Gasteiger partial charge in [-0.1, -0.05) is 0 Å². The Morgan fingerprint density at radius 1 is 1.50 bits per heavy atom. The minimum absolute atomic E-state index is 0.00975. The minimum atomic E-state index is -4.64. The van der Waals surface area contributed by atoms with Gasteiger partial charge >= 0.3 is 6.18 Å². The third-order valence-electron chi connectivity index (χ3n) is 1.07. The van der Waals surface area contributed by atoms with E-state index < -0.39 is 17.5 Å². The SMILES string of the molecule is CN=C(/C(C=O)=C\N)C(F)(F)F. The number of alkyl halides is 3. The monoisotopic (exact) mass is 180 g/mol. The fourth-order valence-electron chi connectivity index (χ4n) is 0.594. The second-order valence-corrected chi connectivity index (χ2v) is 1.81. The summed E-state index contributed by atoms with van der Waals surface area (Å²) in [6.07, 6.45) is -4.06. The van der Waals surface area contributed by atoms with Crippen LogP contribution in [0.4, 0.5) is 13.2 Å². The molecule has 0 bridgehead atoms. The van der Waals surface area contributed by atoms with Crippen molar-refractivity contribution >= 4 is 12.0 Å². The Kier molecular flexibility index (Phi) is 3.46. The van der Waals surface area contributed by atoms with Gasteiger partial charge in [0.05, 0.1) is 5.57 Å². The van der Waals surface area contributed by atoms with E-state index in [2.05, 4.69) is 4.99 Å². The molecule has 0 saturated carbocycles. The number of aliphatic imine (C=N–C) groups is 1. The maximum Gasteiger partial charge on any atom is 0.433 e. The fourth-order valence-corrected chi connectivity index (χ4v) is 0.594. The number of allylic oxidation sites excluding steroid dienone is 1. The first-order valence-corrected chi connectivity index (χ1v) is 2.88. The summed E-state index contributed by atoms with van der Waals surface area (Å²) in [4.78, 5) is 13.0. The Balaban J connectivity index is 4.95. The molecule has 12 heavy (non-hydrogen) atoms. The standard InChI is InChI=1S/C6H7F3N2O/c1-11-5(6(7,8)9)4(2-10)3-12/h2-3H,10H2,1H3/b4-2-,11-5?. The van der Waals surface area contributed by atoms with Gasteiger partial charge in [0, 0.05) is 13.2 Å². The third kappa shape index (κ3) is 2.37. The predicted octanol–water partition coefficient (Wildman–Crippen LogP) is 0.661. The molecule has 6 heteroatoms. The van der Waals surface area contributed by atoms with Gasteiger partial charge < -0.3 is 5.73 Å². The molecule has 3 nitrogen and oxygen atoms in total. The Bertz CT molecular complexity index is 229. The van der Waals surface area contributed by atoms with Crippen LogP contribution < -0.4 is 5.73 Å². The molecule has 0 unspecified atom stereocenters. The van der Waals surface area contributed by atoms with Crippen molar-refractivity contribution in [1.82, 2.24) is 0 Å². The summed E-state index contributed by atoms with van der Waals surface area (Å²) >= 11 is 0. The van der Waals surface area contributed by atoms with E-state index in [0.717, 1.165) is 7.05 Å². The summed E-state index contributed by atoms with van der Waals surface area (Å²) in [6.45, 7) is 0. The molecule has 0 aliphatic rings. The van der Waals surface area contributed by atoms with E-state index >= 15 is 0 Å². The number of hydrogen-bond donors (Lipinski definition) is 1. The summed E-state index contributed by atoms with van der Waals surface area (Å²) in [5.41, 5.74) is 2.86. The van der Waals surface area contributed by atoms with Crippen LogP contribution in [0.5, 0.6) is 0 Å². The highest BCUT2D eigenvalue weighted by Crippen LogP contribution is 2.20. The van der Waals surface area contributed by atoms with Crippen LogP contribution in [-0.4, -0.2) is 25.2 Å². The Morgan fingerprint density at radius 3 is 2.08 bits per heavy atom. The van der Waals surface area contributed by atoms with Crippen LogP contribution >= 0.6 is 0 Å². The molecule has 0 rings (SSSR count). The second kappa shape index (κ2) is 3.89. The Hall–Kier alpha value is -1.33. The molecule has 0 amide bonds. The van der Waals surface area contributed by atoms with E-state index in [0.29, 0.717) is 6.20 Å². The van der Waals surface area contributed by atoms with Gasteiger partial charge in [-0.2, -0.15) is 13.2 Å². The van der Waals surface area contributed by atoms with E-state index in [4.69, 9.17) is 5.73 Å². The van der Waals surface area contributed by atoms with E-state index in [1.807, 2.05) is 0 Å². The van der Waals surface area contributed by atoms with E-state index in [9.17, 15) is 18.0 Å². The van der Waals surface area contributed by atoms with Crippen molar-refractivity contribution < 1.29 is 18.0 Å². The lowest BCUT2D eigenvalue weighted by Crippen LogP contribution is -2.26. The lowest BCUT2D eigenvalue weighted by Gasteiger charge is -2.07. The molecule has 2 N–H and O–H groups in total. The van der Waals surface area contributed by atoms with Gasteiger partial charge in [-0.25, -0.2) is 0 Å². The normalized spacial score (nSPS) is 14.7. The van der Waals surface area contributed by atoms with E-state index in [1.165, 1.54) is 0 Å². The lowest BCUT2D eigenvalue weighted by atomic mass is 10.2. The summed E-state index contributed by atoms with van der Waals surface area (Å²) in [6, 6.07) is 0. The average molecular weight is 180 g/mol. The van der Waals surface area contributed by atoms with Crippen molar-refractivity contribution in [3.63, 3.8) is 0 Å². The molecule has 0 aromatic rings. The van der Waals surface area contributed by atoms with Crippen LogP contribution in [0, 0.1) is 0 Å². The number of rotatable bonds is 2. The van der Waals surface area contributed by atoms with Crippen LogP contribution in [0.15, 0.2) is 16.8 Å². The summed E-state index contributed by atoms with van der Waals surface area (Å²) in [7, 11) is 0.940. The number of halogens is 3. The van der Waals surface area contributed by atoms with Crippen LogP contribution in [0.1, 0.15) is 0 Å². The summed E-state index contributed by atoms with van der Waals surface area (Å²) < 4.78 is 35.9. The van der Waals surface area contributed by atoms with Crippen molar-refractivity contribution in [1.29, 1.82) is 0 Å². The smallest absolute Gasteiger partial charge is 0.404 e. The number of nitrogens with two attached hydrogens (primary N) is 1. The van der Waals surface area contributed by atoms with Gasteiger partial charge in [-0.05, 0) is 0 Å². The van der Waals surface area contributed by atoms with Gasteiger partial charge in [0.25, 0.3) is 0 Å². The van der Waals surface area contributed by atoms with Gasteiger partial charge in [0.2, 0.25) is 0 Å². The molecule has 0 fully saturated rings. The number of carbonyl (C=O) groups is 1. The molecular formula is C6H7F3N2O. The summed E-state index contributed by atoms with van der Waals surface area (Å²) in [5.74, 6) is 0. The first-order valence-electron chi connectivity index (χ1n) is 2.88. The van der Waals surface area contributed by atoms with E-state index in [-0.39, 0.29) is 6.29 Å². The van der Waals surface area contributed by atoms with Crippen LogP contribution in [0.3, 0.4) is 0 Å². The number of aldehydes is 1. The van der Waals surface area contributed by atoms with Crippen LogP contribution in [0.25, 0.3) is 0 Å². The lowest BCUT2D eigenvalue weighted by molar-refractivity contribution is -0.105. The highest BCUT2D eigenvalue weighted by atomic mass is 19.4. The van der Waals surface area contributed by atoms with Crippen molar-refractivity contribution in [2.75, 3.05) is 7.05 Å². The molecule has 0 radical (unpaired) electrons. The predicted molar refractivity (Wildman–Crippen MR) is 37.7 cm³/mol. The summed E-state index contributed by atoms with van der Waals surface area (Å²) in [5, 5.41) is 0. The molecule has 0 aliphatic carbocycles. The van der Waals surface area contributed by atoms with Crippen molar-refractivity contribution in [3.8, 4) is 0 Å².